The molecule has 5 heteroatoms. The molecule has 100 valence electrons. The minimum atomic E-state index is -0.338. The second kappa shape index (κ2) is 9.32. The summed E-state index contributed by atoms with van der Waals surface area (Å²) in [5.74, 6) is 1.00. The van der Waals surface area contributed by atoms with Crippen molar-refractivity contribution in [1.29, 1.82) is 0 Å². The molecular formula is C13H24NNaO3. The first-order valence-corrected chi connectivity index (χ1v) is 6.36. The van der Waals surface area contributed by atoms with E-state index in [4.69, 9.17) is 9.47 Å². The van der Waals surface area contributed by atoms with Crippen LogP contribution in [0.5, 0.6) is 0 Å². The fourth-order valence-corrected chi connectivity index (χ4v) is 1.63. The summed E-state index contributed by atoms with van der Waals surface area (Å²) < 4.78 is 10.4. The third-order valence-corrected chi connectivity index (χ3v) is 2.40. The van der Waals surface area contributed by atoms with Gasteiger partial charge in [-0.2, -0.15) is 6.61 Å². The topological polar surface area (TPSA) is 50.9 Å². The fourth-order valence-electron chi connectivity index (χ4n) is 1.63. The summed E-state index contributed by atoms with van der Waals surface area (Å²) in [6.07, 6.45) is 0.589. The van der Waals surface area contributed by atoms with Gasteiger partial charge >= 0.3 is 29.6 Å². The van der Waals surface area contributed by atoms with Gasteiger partial charge in [-0.25, -0.2) is 0 Å². The van der Waals surface area contributed by atoms with Gasteiger partial charge in [0.15, 0.2) is 0 Å². The molecule has 0 spiro atoms. The van der Waals surface area contributed by atoms with E-state index in [0.29, 0.717) is 18.4 Å². The van der Waals surface area contributed by atoms with Gasteiger partial charge in [0.1, 0.15) is 0 Å². The van der Waals surface area contributed by atoms with Crippen LogP contribution in [0.3, 0.4) is 0 Å². The van der Waals surface area contributed by atoms with Crippen molar-refractivity contribution in [3.8, 4) is 0 Å². The number of nitrogens with one attached hydrogen (secondary N) is 1. The van der Waals surface area contributed by atoms with Crippen LogP contribution in [0.15, 0.2) is 0 Å². The minimum absolute atomic E-state index is 0. The first-order valence-electron chi connectivity index (χ1n) is 6.36. The maximum atomic E-state index is 11.6. The summed E-state index contributed by atoms with van der Waals surface area (Å²) in [4.78, 5) is 11.6. The van der Waals surface area contributed by atoms with E-state index in [-0.39, 0.29) is 47.6 Å². The van der Waals surface area contributed by atoms with Crippen molar-refractivity contribution >= 4 is 5.91 Å². The van der Waals surface area contributed by atoms with E-state index in [1.54, 1.807) is 0 Å². The standard InChI is InChI=1S/C13H24NO3.Na/c1-9(2)5-11(7-16-6-10(3)4)14-13(15)12-8-17-12;/h8-12H,5-7H2,1-4H3,(H,14,15);/q-1;+1/t11-,12-;/m0./s1. The van der Waals surface area contributed by atoms with Crippen LogP contribution in [0.25, 0.3) is 0 Å². The Labute approximate surface area is 132 Å². The van der Waals surface area contributed by atoms with Crippen LogP contribution in [0.4, 0.5) is 0 Å². The van der Waals surface area contributed by atoms with Crippen LogP contribution in [0.2, 0.25) is 0 Å². The summed E-state index contributed by atoms with van der Waals surface area (Å²) in [6, 6.07) is 0.0823. The Morgan fingerprint density at radius 3 is 2.33 bits per heavy atom. The maximum absolute atomic E-state index is 11.6. The predicted molar refractivity (Wildman–Crippen MR) is 66.2 cm³/mol. The molecule has 0 bridgehead atoms. The Hall–Kier alpha value is 0.390. The Morgan fingerprint density at radius 2 is 1.89 bits per heavy atom. The van der Waals surface area contributed by atoms with Crippen molar-refractivity contribution < 1.29 is 43.8 Å². The molecule has 0 radical (unpaired) electrons. The third kappa shape index (κ3) is 8.48. The van der Waals surface area contributed by atoms with E-state index in [1.807, 2.05) is 0 Å². The summed E-state index contributed by atoms with van der Waals surface area (Å²) in [5.41, 5.74) is 0. The van der Waals surface area contributed by atoms with E-state index in [2.05, 4.69) is 33.0 Å². The van der Waals surface area contributed by atoms with Crippen LogP contribution in [-0.4, -0.2) is 31.3 Å². The number of amides is 1. The number of carbonyl (C=O) groups is 1. The van der Waals surface area contributed by atoms with Crippen LogP contribution in [-0.2, 0) is 14.3 Å². The largest absolute Gasteiger partial charge is 1.00 e. The van der Waals surface area contributed by atoms with E-state index in [9.17, 15) is 4.79 Å². The molecule has 1 saturated heterocycles. The normalized spacial score (nSPS) is 19.6. The molecule has 1 aliphatic heterocycles. The smallest absolute Gasteiger partial charge is 0.562 e. The number of epoxide rings is 1. The second-order valence-electron chi connectivity index (χ2n) is 5.46. The van der Waals surface area contributed by atoms with Crippen molar-refractivity contribution in [2.24, 2.45) is 11.8 Å². The molecule has 0 aliphatic carbocycles. The van der Waals surface area contributed by atoms with Crippen molar-refractivity contribution in [3.63, 3.8) is 0 Å². The molecule has 1 aliphatic rings. The van der Waals surface area contributed by atoms with E-state index >= 15 is 0 Å². The first kappa shape index (κ1) is 18.4. The molecule has 1 fully saturated rings. The number of ether oxygens (including phenoxy) is 2. The summed E-state index contributed by atoms with van der Waals surface area (Å²) in [6.45, 7) is 11.4. The zero-order chi connectivity index (χ0) is 12.8. The van der Waals surface area contributed by atoms with Crippen LogP contribution in [0, 0.1) is 18.4 Å². The van der Waals surface area contributed by atoms with Gasteiger partial charge in [0, 0.05) is 6.61 Å². The van der Waals surface area contributed by atoms with Crippen LogP contribution >= 0.6 is 0 Å². The summed E-state index contributed by atoms with van der Waals surface area (Å²) in [7, 11) is 0. The number of hydrogen-bond acceptors (Lipinski definition) is 3. The number of rotatable bonds is 8. The molecule has 1 amide bonds. The Bertz CT molecular complexity index is 242. The minimum Gasteiger partial charge on any atom is -0.562 e. The monoisotopic (exact) mass is 265 g/mol. The average molecular weight is 265 g/mol. The maximum Gasteiger partial charge on any atom is 1.00 e. The van der Waals surface area contributed by atoms with Crippen molar-refractivity contribution in [3.05, 3.63) is 6.61 Å². The quantitative estimate of drug-likeness (QED) is 0.339. The van der Waals surface area contributed by atoms with Gasteiger partial charge in [-0.15, -0.1) is 0 Å². The SMILES string of the molecule is CC(C)COC[C@H](CC(C)C)NC(=O)[C@@H]1[CH-]O1.[Na+]. The summed E-state index contributed by atoms with van der Waals surface area (Å²) in [5, 5.41) is 2.96. The van der Waals surface area contributed by atoms with Gasteiger partial charge in [0.2, 0.25) is 5.91 Å². The first-order chi connectivity index (χ1) is 7.99. The van der Waals surface area contributed by atoms with Crippen LogP contribution in [0.1, 0.15) is 34.1 Å². The zero-order valence-corrected chi connectivity index (χ0v) is 14.2. The van der Waals surface area contributed by atoms with E-state index in [0.717, 1.165) is 13.0 Å². The molecule has 0 unspecified atom stereocenters. The van der Waals surface area contributed by atoms with E-state index in [1.165, 1.54) is 6.61 Å². The Morgan fingerprint density at radius 1 is 1.28 bits per heavy atom. The molecule has 0 saturated carbocycles. The van der Waals surface area contributed by atoms with E-state index < -0.39 is 0 Å². The molecule has 0 aromatic rings. The predicted octanol–water partition coefficient (Wildman–Crippen LogP) is -1.25. The molecule has 1 N–H and O–H groups in total. The molecular weight excluding hydrogens is 241 g/mol. The Kier molecular flexibility index (Phi) is 9.52. The number of carbonyl (C=O) groups excluding carboxylic acids is 1. The van der Waals surface area contributed by atoms with Crippen molar-refractivity contribution in [2.75, 3.05) is 13.2 Å². The second-order valence-corrected chi connectivity index (χ2v) is 5.46. The van der Waals surface area contributed by atoms with Gasteiger partial charge in [0.05, 0.1) is 12.6 Å². The molecule has 18 heavy (non-hydrogen) atoms. The van der Waals surface area contributed by atoms with Crippen LogP contribution < -0.4 is 34.9 Å². The molecule has 4 nitrogen and oxygen atoms in total. The third-order valence-electron chi connectivity index (χ3n) is 2.40. The molecule has 1 rings (SSSR count). The number of hydrogen-bond donors (Lipinski definition) is 1. The Balaban J connectivity index is 0.00000289. The van der Waals surface area contributed by atoms with Gasteiger partial charge in [-0.3, -0.25) is 4.79 Å². The van der Waals surface area contributed by atoms with Crippen molar-refractivity contribution in [1.82, 2.24) is 5.32 Å². The zero-order valence-electron chi connectivity index (χ0n) is 12.2. The van der Waals surface area contributed by atoms with Gasteiger partial charge in [-0.1, -0.05) is 27.7 Å². The molecule has 2 atom stereocenters. The summed E-state index contributed by atoms with van der Waals surface area (Å²) >= 11 is 0. The van der Waals surface area contributed by atoms with Gasteiger partial charge < -0.3 is 14.8 Å². The molecule has 1 heterocycles. The average Bonchev–Trinajstić information content (AvgIpc) is 2.98. The van der Waals surface area contributed by atoms with Gasteiger partial charge in [0.25, 0.3) is 0 Å². The molecule has 0 aromatic carbocycles. The molecule has 0 aromatic heterocycles. The van der Waals surface area contributed by atoms with Gasteiger partial charge in [-0.05, 0) is 24.4 Å². The fraction of sp³-hybridized carbons (Fsp3) is 0.846. The van der Waals surface area contributed by atoms with Crippen molar-refractivity contribution in [2.45, 2.75) is 46.3 Å².